The van der Waals surface area contributed by atoms with Crippen molar-refractivity contribution in [3.05, 3.63) is 65.2 Å². The molecule has 1 atom stereocenters. The average molecular weight is 290 g/mol. The number of rotatable bonds is 6. The van der Waals surface area contributed by atoms with Crippen LogP contribution in [0.15, 0.2) is 48.5 Å². The Kier molecular flexibility index (Phi) is 5.45. The first-order chi connectivity index (χ1) is 9.74. The van der Waals surface area contributed by atoms with Gasteiger partial charge >= 0.3 is 0 Å². The summed E-state index contributed by atoms with van der Waals surface area (Å²) in [5.74, 6) is 1.45. The van der Waals surface area contributed by atoms with Gasteiger partial charge in [0.05, 0.1) is 7.11 Å². The number of halogens is 1. The number of benzene rings is 2. The zero-order valence-corrected chi connectivity index (χ0v) is 12.7. The minimum Gasteiger partial charge on any atom is -0.496 e. The molecule has 3 heteroatoms. The Morgan fingerprint density at radius 2 is 1.90 bits per heavy atom. The Labute approximate surface area is 125 Å². The van der Waals surface area contributed by atoms with Gasteiger partial charge in [-0.25, -0.2) is 0 Å². The molecule has 106 valence electrons. The van der Waals surface area contributed by atoms with Crippen LogP contribution in [0.2, 0.25) is 0 Å². The smallest absolute Gasteiger partial charge is 0.123 e. The molecule has 1 N–H and O–H groups in total. The Morgan fingerprint density at radius 1 is 1.15 bits per heavy atom. The SMILES string of the molecule is COc1ccc(C)cc1CNC(CCl)c1ccccc1. The van der Waals surface area contributed by atoms with Gasteiger partial charge in [-0.05, 0) is 18.6 Å². The molecule has 0 saturated heterocycles. The second kappa shape index (κ2) is 7.32. The van der Waals surface area contributed by atoms with E-state index in [1.807, 2.05) is 24.3 Å². The molecule has 2 nitrogen and oxygen atoms in total. The third-order valence-electron chi connectivity index (χ3n) is 3.33. The first-order valence-corrected chi connectivity index (χ1v) is 7.26. The van der Waals surface area contributed by atoms with E-state index in [1.165, 1.54) is 11.1 Å². The highest BCUT2D eigenvalue weighted by molar-refractivity contribution is 6.18. The Hall–Kier alpha value is -1.51. The lowest BCUT2D eigenvalue weighted by Crippen LogP contribution is -2.22. The van der Waals surface area contributed by atoms with E-state index >= 15 is 0 Å². The topological polar surface area (TPSA) is 21.3 Å². The highest BCUT2D eigenvalue weighted by atomic mass is 35.5. The lowest BCUT2D eigenvalue weighted by molar-refractivity contribution is 0.406. The molecular formula is C17H20ClNO. The number of ether oxygens (including phenoxy) is 1. The van der Waals surface area contributed by atoms with Crippen molar-refractivity contribution >= 4 is 11.6 Å². The Bertz CT molecular complexity index is 542. The second-order valence-corrected chi connectivity index (χ2v) is 5.12. The molecule has 2 aromatic rings. The van der Waals surface area contributed by atoms with Gasteiger partial charge in [-0.3, -0.25) is 0 Å². The van der Waals surface area contributed by atoms with Crippen LogP contribution >= 0.6 is 11.6 Å². The molecule has 0 fully saturated rings. The summed E-state index contributed by atoms with van der Waals surface area (Å²) in [7, 11) is 1.70. The summed E-state index contributed by atoms with van der Waals surface area (Å²) in [4.78, 5) is 0. The third kappa shape index (κ3) is 3.75. The van der Waals surface area contributed by atoms with E-state index in [9.17, 15) is 0 Å². The molecule has 0 aromatic heterocycles. The predicted molar refractivity (Wildman–Crippen MR) is 84.5 cm³/mol. The molecule has 0 amide bonds. The van der Waals surface area contributed by atoms with Crippen LogP contribution in [-0.4, -0.2) is 13.0 Å². The van der Waals surface area contributed by atoms with Gasteiger partial charge in [-0.15, -0.1) is 11.6 Å². The van der Waals surface area contributed by atoms with E-state index < -0.39 is 0 Å². The van der Waals surface area contributed by atoms with Crippen molar-refractivity contribution in [1.82, 2.24) is 5.32 Å². The maximum atomic E-state index is 6.08. The first-order valence-electron chi connectivity index (χ1n) is 6.72. The number of methoxy groups -OCH3 is 1. The molecule has 2 rings (SSSR count). The summed E-state index contributed by atoms with van der Waals surface area (Å²) >= 11 is 6.08. The van der Waals surface area contributed by atoms with Gasteiger partial charge in [0.2, 0.25) is 0 Å². The zero-order chi connectivity index (χ0) is 14.4. The van der Waals surface area contributed by atoms with Crippen molar-refractivity contribution in [2.24, 2.45) is 0 Å². The fourth-order valence-electron chi connectivity index (χ4n) is 2.23. The number of alkyl halides is 1. The van der Waals surface area contributed by atoms with Crippen LogP contribution in [0.3, 0.4) is 0 Å². The molecular weight excluding hydrogens is 270 g/mol. The van der Waals surface area contributed by atoms with Crippen LogP contribution < -0.4 is 10.1 Å². The van der Waals surface area contributed by atoms with E-state index in [1.54, 1.807) is 7.11 Å². The summed E-state index contributed by atoms with van der Waals surface area (Å²) in [5, 5.41) is 3.49. The maximum absolute atomic E-state index is 6.08. The normalized spacial score (nSPS) is 12.2. The molecule has 0 aliphatic heterocycles. The van der Waals surface area contributed by atoms with Gasteiger partial charge in [0.1, 0.15) is 5.75 Å². The maximum Gasteiger partial charge on any atom is 0.123 e. The van der Waals surface area contributed by atoms with Crippen LogP contribution in [0.25, 0.3) is 0 Å². The minimum atomic E-state index is 0.142. The second-order valence-electron chi connectivity index (χ2n) is 4.81. The number of hydrogen-bond acceptors (Lipinski definition) is 2. The third-order valence-corrected chi connectivity index (χ3v) is 3.64. The largest absolute Gasteiger partial charge is 0.496 e. The molecule has 0 heterocycles. The van der Waals surface area contributed by atoms with Crippen molar-refractivity contribution < 1.29 is 4.74 Å². The standard InChI is InChI=1S/C17H20ClNO/c1-13-8-9-17(20-2)15(10-13)12-19-16(11-18)14-6-4-3-5-7-14/h3-10,16,19H,11-12H2,1-2H3. The molecule has 0 saturated carbocycles. The van der Waals surface area contributed by atoms with Gasteiger partial charge in [0.25, 0.3) is 0 Å². The highest BCUT2D eigenvalue weighted by Gasteiger charge is 2.11. The monoisotopic (exact) mass is 289 g/mol. The number of hydrogen-bond donors (Lipinski definition) is 1. The summed E-state index contributed by atoms with van der Waals surface area (Å²) in [5.41, 5.74) is 3.58. The number of aryl methyl sites for hydroxylation is 1. The van der Waals surface area contributed by atoms with Gasteiger partial charge in [0, 0.05) is 24.0 Å². The van der Waals surface area contributed by atoms with E-state index in [0.29, 0.717) is 5.88 Å². The summed E-state index contributed by atoms with van der Waals surface area (Å²) in [6.07, 6.45) is 0. The van der Waals surface area contributed by atoms with Gasteiger partial charge in [0.15, 0.2) is 0 Å². The van der Waals surface area contributed by atoms with E-state index in [2.05, 4.69) is 36.5 Å². The van der Waals surface area contributed by atoms with Crippen LogP contribution in [0.4, 0.5) is 0 Å². The predicted octanol–water partition coefficient (Wildman–Crippen LogP) is 4.07. The molecule has 20 heavy (non-hydrogen) atoms. The molecule has 0 aliphatic rings. The molecule has 0 spiro atoms. The fourth-order valence-corrected chi connectivity index (χ4v) is 2.51. The van der Waals surface area contributed by atoms with Crippen molar-refractivity contribution in [2.45, 2.75) is 19.5 Å². The van der Waals surface area contributed by atoms with Crippen molar-refractivity contribution in [3.63, 3.8) is 0 Å². The first kappa shape index (κ1) is 14.9. The zero-order valence-electron chi connectivity index (χ0n) is 11.9. The Balaban J connectivity index is 2.09. The lowest BCUT2D eigenvalue weighted by Gasteiger charge is -2.18. The van der Waals surface area contributed by atoms with Gasteiger partial charge in [-0.2, -0.15) is 0 Å². The summed E-state index contributed by atoms with van der Waals surface area (Å²) in [6, 6.07) is 16.6. The van der Waals surface area contributed by atoms with Crippen LogP contribution in [0.5, 0.6) is 5.75 Å². The van der Waals surface area contributed by atoms with Crippen molar-refractivity contribution in [1.29, 1.82) is 0 Å². The molecule has 1 unspecified atom stereocenters. The molecule has 0 radical (unpaired) electrons. The van der Waals surface area contributed by atoms with E-state index in [-0.39, 0.29) is 6.04 Å². The van der Waals surface area contributed by atoms with Gasteiger partial charge in [-0.1, -0.05) is 48.0 Å². The van der Waals surface area contributed by atoms with Crippen molar-refractivity contribution in [2.75, 3.05) is 13.0 Å². The fraction of sp³-hybridized carbons (Fsp3) is 0.294. The summed E-state index contributed by atoms with van der Waals surface area (Å²) in [6.45, 7) is 2.82. The quantitative estimate of drug-likeness (QED) is 0.809. The van der Waals surface area contributed by atoms with E-state index in [4.69, 9.17) is 16.3 Å². The Morgan fingerprint density at radius 3 is 2.55 bits per heavy atom. The van der Waals surface area contributed by atoms with Gasteiger partial charge < -0.3 is 10.1 Å². The number of nitrogens with one attached hydrogen (secondary N) is 1. The molecule has 0 aliphatic carbocycles. The minimum absolute atomic E-state index is 0.142. The molecule has 2 aromatic carbocycles. The average Bonchev–Trinajstić information content (AvgIpc) is 2.49. The highest BCUT2D eigenvalue weighted by Crippen LogP contribution is 2.21. The summed E-state index contributed by atoms with van der Waals surface area (Å²) < 4.78 is 5.40. The van der Waals surface area contributed by atoms with E-state index in [0.717, 1.165) is 17.9 Å². The molecule has 0 bridgehead atoms. The van der Waals surface area contributed by atoms with Crippen LogP contribution in [0, 0.1) is 6.92 Å². The van der Waals surface area contributed by atoms with Crippen LogP contribution in [-0.2, 0) is 6.54 Å². The van der Waals surface area contributed by atoms with Crippen molar-refractivity contribution in [3.8, 4) is 5.75 Å². The lowest BCUT2D eigenvalue weighted by atomic mass is 10.1. The van der Waals surface area contributed by atoms with Crippen LogP contribution in [0.1, 0.15) is 22.7 Å².